The summed E-state index contributed by atoms with van der Waals surface area (Å²) in [6.45, 7) is 0. The summed E-state index contributed by atoms with van der Waals surface area (Å²) in [5.41, 5.74) is -0.945. The second-order valence-electron chi connectivity index (χ2n) is 4.32. The molecule has 1 heterocycles. The molecule has 4 nitrogen and oxygen atoms in total. The first-order chi connectivity index (χ1) is 8.63. The Hall–Kier alpha value is -2.11. The van der Waals surface area contributed by atoms with Gasteiger partial charge in [-0.15, -0.1) is 0 Å². The Labute approximate surface area is 101 Å². The van der Waals surface area contributed by atoms with Crippen LogP contribution in [0.25, 0.3) is 0 Å². The van der Waals surface area contributed by atoms with Gasteiger partial charge < -0.3 is 0 Å². The molecular formula is C12H9F2N3O. The van der Waals surface area contributed by atoms with E-state index in [2.05, 4.69) is 10.1 Å². The first-order valence-corrected chi connectivity index (χ1v) is 5.48. The summed E-state index contributed by atoms with van der Waals surface area (Å²) in [5.74, 6) is -1.92. The summed E-state index contributed by atoms with van der Waals surface area (Å²) in [4.78, 5) is 16.1. The van der Waals surface area contributed by atoms with Crippen LogP contribution in [-0.2, 0) is 5.54 Å². The standard InChI is InChI=1S/C12H9F2N3O/c13-8-1-2-9(10(14)5-8)11(18)12(3-4-12)17-7-15-6-16-17/h1-2,5-7H,3-4H2. The number of carbonyl (C=O) groups excluding carboxylic acids is 1. The lowest BCUT2D eigenvalue weighted by Crippen LogP contribution is -2.29. The highest BCUT2D eigenvalue weighted by Crippen LogP contribution is 2.45. The summed E-state index contributed by atoms with van der Waals surface area (Å²) < 4.78 is 27.9. The van der Waals surface area contributed by atoms with Crippen molar-refractivity contribution in [1.29, 1.82) is 0 Å². The number of ketones is 1. The highest BCUT2D eigenvalue weighted by atomic mass is 19.1. The molecule has 1 aliphatic rings. The Morgan fingerprint density at radius 3 is 2.67 bits per heavy atom. The molecule has 1 saturated carbocycles. The molecule has 92 valence electrons. The van der Waals surface area contributed by atoms with Crippen molar-refractivity contribution in [3.05, 3.63) is 48.1 Å². The van der Waals surface area contributed by atoms with E-state index >= 15 is 0 Å². The van der Waals surface area contributed by atoms with E-state index in [1.54, 1.807) is 0 Å². The zero-order chi connectivity index (χ0) is 12.8. The van der Waals surface area contributed by atoms with Crippen LogP contribution in [0.3, 0.4) is 0 Å². The molecule has 1 aliphatic carbocycles. The number of Topliss-reactive ketones (excluding diaryl/α,β-unsaturated/α-hetero) is 1. The van der Waals surface area contributed by atoms with E-state index in [-0.39, 0.29) is 11.3 Å². The van der Waals surface area contributed by atoms with Crippen molar-refractivity contribution in [2.45, 2.75) is 18.4 Å². The van der Waals surface area contributed by atoms with Crippen molar-refractivity contribution in [3.63, 3.8) is 0 Å². The van der Waals surface area contributed by atoms with Gasteiger partial charge in [0.1, 0.15) is 29.8 Å². The van der Waals surface area contributed by atoms with Crippen LogP contribution in [0.2, 0.25) is 0 Å². The minimum absolute atomic E-state index is 0.107. The number of hydrogen-bond donors (Lipinski definition) is 0. The summed E-state index contributed by atoms with van der Waals surface area (Å²) in [6.07, 6.45) is 3.94. The maximum absolute atomic E-state index is 13.6. The largest absolute Gasteiger partial charge is 0.291 e. The van der Waals surface area contributed by atoms with Crippen molar-refractivity contribution in [1.82, 2.24) is 14.8 Å². The lowest BCUT2D eigenvalue weighted by molar-refractivity contribution is 0.0892. The fourth-order valence-corrected chi connectivity index (χ4v) is 2.03. The van der Waals surface area contributed by atoms with Gasteiger partial charge in [0.05, 0.1) is 5.56 Å². The number of halogens is 2. The predicted molar refractivity (Wildman–Crippen MR) is 57.9 cm³/mol. The smallest absolute Gasteiger partial charge is 0.193 e. The third-order valence-electron chi connectivity index (χ3n) is 3.18. The molecule has 0 radical (unpaired) electrons. The van der Waals surface area contributed by atoms with Gasteiger partial charge in [-0.25, -0.2) is 18.4 Å². The molecule has 2 aromatic rings. The van der Waals surface area contributed by atoms with Gasteiger partial charge in [-0.1, -0.05) is 0 Å². The SMILES string of the molecule is O=C(c1ccc(F)cc1F)C1(n2cncn2)CC1. The summed E-state index contributed by atoms with van der Waals surface area (Å²) in [5, 5.41) is 3.93. The van der Waals surface area contributed by atoms with E-state index in [4.69, 9.17) is 0 Å². The molecule has 0 N–H and O–H groups in total. The molecule has 0 atom stereocenters. The fourth-order valence-electron chi connectivity index (χ4n) is 2.03. The molecular weight excluding hydrogens is 240 g/mol. The molecule has 1 fully saturated rings. The second kappa shape index (κ2) is 3.69. The Balaban J connectivity index is 2.01. The monoisotopic (exact) mass is 249 g/mol. The second-order valence-corrected chi connectivity index (χ2v) is 4.32. The lowest BCUT2D eigenvalue weighted by atomic mass is 10.0. The molecule has 1 aromatic carbocycles. The maximum Gasteiger partial charge on any atom is 0.193 e. The zero-order valence-corrected chi connectivity index (χ0v) is 9.31. The summed E-state index contributed by atoms with van der Waals surface area (Å²) >= 11 is 0. The van der Waals surface area contributed by atoms with E-state index in [0.29, 0.717) is 18.9 Å². The van der Waals surface area contributed by atoms with Crippen LogP contribution in [-0.4, -0.2) is 20.5 Å². The quantitative estimate of drug-likeness (QED) is 0.781. The van der Waals surface area contributed by atoms with Gasteiger partial charge in [0.2, 0.25) is 0 Å². The third-order valence-corrected chi connectivity index (χ3v) is 3.18. The molecule has 0 amide bonds. The molecule has 0 bridgehead atoms. The van der Waals surface area contributed by atoms with Gasteiger partial charge in [0, 0.05) is 6.07 Å². The normalized spacial score (nSPS) is 16.6. The molecule has 0 unspecified atom stereocenters. The van der Waals surface area contributed by atoms with Crippen LogP contribution in [0.1, 0.15) is 23.2 Å². The van der Waals surface area contributed by atoms with Gasteiger partial charge in [-0.05, 0) is 25.0 Å². The van der Waals surface area contributed by atoms with Crippen molar-refractivity contribution in [2.75, 3.05) is 0 Å². The van der Waals surface area contributed by atoms with Gasteiger partial charge in [-0.2, -0.15) is 5.10 Å². The first kappa shape index (κ1) is 11.0. The number of benzene rings is 1. The molecule has 6 heteroatoms. The van der Waals surface area contributed by atoms with Crippen LogP contribution < -0.4 is 0 Å². The summed E-state index contributed by atoms with van der Waals surface area (Å²) in [6, 6.07) is 2.96. The van der Waals surface area contributed by atoms with Crippen molar-refractivity contribution < 1.29 is 13.6 Å². The minimum Gasteiger partial charge on any atom is -0.291 e. The van der Waals surface area contributed by atoms with Crippen LogP contribution in [0.15, 0.2) is 30.9 Å². The van der Waals surface area contributed by atoms with E-state index in [1.165, 1.54) is 23.4 Å². The van der Waals surface area contributed by atoms with Crippen LogP contribution >= 0.6 is 0 Å². The molecule has 0 saturated heterocycles. The maximum atomic E-state index is 13.6. The van der Waals surface area contributed by atoms with Crippen LogP contribution in [0.4, 0.5) is 8.78 Å². The van der Waals surface area contributed by atoms with E-state index in [0.717, 1.165) is 6.07 Å². The highest BCUT2D eigenvalue weighted by molar-refractivity contribution is 6.03. The molecule has 1 aromatic heterocycles. The van der Waals surface area contributed by atoms with Crippen molar-refractivity contribution >= 4 is 5.78 Å². The Kier molecular flexibility index (Phi) is 2.26. The zero-order valence-electron chi connectivity index (χ0n) is 9.31. The molecule has 0 aliphatic heterocycles. The van der Waals surface area contributed by atoms with Crippen LogP contribution in [0.5, 0.6) is 0 Å². The highest BCUT2D eigenvalue weighted by Gasteiger charge is 2.53. The van der Waals surface area contributed by atoms with Crippen molar-refractivity contribution in [3.8, 4) is 0 Å². The molecule has 0 spiro atoms. The van der Waals surface area contributed by atoms with Gasteiger partial charge in [-0.3, -0.25) is 4.79 Å². The fraction of sp³-hybridized carbons (Fsp3) is 0.250. The number of hydrogen-bond acceptors (Lipinski definition) is 3. The van der Waals surface area contributed by atoms with Gasteiger partial charge in [0.15, 0.2) is 5.78 Å². The Bertz CT molecular complexity index is 606. The number of nitrogens with zero attached hydrogens (tertiary/aromatic N) is 3. The van der Waals surface area contributed by atoms with E-state index in [9.17, 15) is 13.6 Å². The Morgan fingerprint density at radius 2 is 2.11 bits per heavy atom. The number of rotatable bonds is 3. The minimum atomic E-state index is -0.841. The molecule has 18 heavy (non-hydrogen) atoms. The van der Waals surface area contributed by atoms with E-state index < -0.39 is 17.2 Å². The first-order valence-electron chi connectivity index (χ1n) is 5.48. The topological polar surface area (TPSA) is 47.8 Å². The average Bonchev–Trinajstić information content (AvgIpc) is 2.96. The number of carbonyl (C=O) groups is 1. The van der Waals surface area contributed by atoms with E-state index in [1.807, 2.05) is 0 Å². The summed E-state index contributed by atoms with van der Waals surface area (Å²) in [7, 11) is 0. The van der Waals surface area contributed by atoms with Crippen LogP contribution in [0, 0.1) is 11.6 Å². The van der Waals surface area contributed by atoms with Gasteiger partial charge >= 0.3 is 0 Å². The lowest BCUT2D eigenvalue weighted by Gasteiger charge is -2.14. The Morgan fingerprint density at radius 1 is 1.33 bits per heavy atom. The third kappa shape index (κ3) is 1.53. The predicted octanol–water partition coefficient (Wildman–Crippen LogP) is 1.93. The number of aromatic nitrogens is 3. The molecule has 3 rings (SSSR count). The average molecular weight is 249 g/mol. The van der Waals surface area contributed by atoms with Gasteiger partial charge in [0.25, 0.3) is 0 Å². The van der Waals surface area contributed by atoms with Crippen molar-refractivity contribution in [2.24, 2.45) is 0 Å².